The monoisotopic (exact) mass is 294 g/mol. The molecule has 1 aromatic rings. The second kappa shape index (κ2) is 7.88. The molecule has 1 aromatic carbocycles. The molecule has 5 nitrogen and oxygen atoms in total. The van der Waals surface area contributed by atoms with E-state index in [1.807, 2.05) is 32.9 Å². The molecule has 0 aliphatic carbocycles. The van der Waals surface area contributed by atoms with Gasteiger partial charge in [0.2, 0.25) is 0 Å². The number of urea groups is 1. The van der Waals surface area contributed by atoms with Crippen LogP contribution in [-0.2, 0) is 6.42 Å². The molecular weight excluding hydrogens is 268 g/mol. The van der Waals surface area contributed by atoms with Crippen molar-refractivity contribution >= 4 is 6.03 Å². The highest BCUT2D eigenvalue weighted by atomic mass is 16.3. The normalized spacial score (nSPS) is 12.8. The Morgan fingerprint density at radius 2 is 1.81 bits per heavy atom. The highest BCUT2D eigenvalue weighted by Gasteiger charge is 2.22. The number of aliphatic hydroxyl groups excluding tert-OH is 1. The van der Waals surface area contributed by atoms with Crippen molar-refractivity contribution in [1.29, 1.82) is 0 Å². The maximum Gasteiger partial charge on any atom is 0.314 e. The van der Waals surface area contributed by atoms with Crippen molar-refractivity contribution in [3.63, 3.8) is 0 Å². The zero-order valence-electron chi connectivity index (χ0n) is 13.0. The lowest BCUT2D eigenvalue weighted by atomic mass is 9.89. The summed E-state index contributed by atoms with van der Waals surface area (Å²) in [4.78, 5) is 11.6. The standard InChI is InChI=1S/C16H26N2O3/c1-16(2,3)14(20)11-18-15(21)17-10-4-5-12-6-8-13(19)9-7-12/h6-9,14,19-20H,4-5,10-11H2,1-3H3,(H2,17,18,21). The highest BCUT2D eigenvalue weighted by Crippen LogP contribution is 2.17. The molecule has 0 aromatic heterocycles. The number of hydrogen-bond donors (Lipinski definition) is 4. The van der Waals surface area contributed by atoms with Crippen LogP contribution in [0.15, 0.2) is 24.3 Å². The summed E-state index contributed by atoms with van der Waals surface area (Å²) in [6.07, 6.45) is 1.09. The van der Waals surface area contributed by atoms with E-state index in [0.29, 0.717) is 6.54 Å². The number of amides is 2. The van der Waals surface area contributed by atoms with Crippen LogP contribution in [0.2, 0.25) is 0 Å². The summed E-state index contributed by atoms with van der Waals surface area (Å²) in [7, 11) is 0. The van der Waals surface area contributed by atoms with Crippen LogP contribution in [0.25, 0.3) is 0 Å². The Bertz CT molecular complexity index is 438. The second-order valence-corrected chi connectivity index (χ2v) is 6.29. The quantitative estimate of drug-likeness (QED) is 0.606. The fraction of sp³-hybridized carbons (Fsp3) is 0.562. The number of aliphatic hydroxyl groups is 1. The zero-order chi connectivity index (χ0) is 15.9. The van der Waals surface area contributed by atoms with Gasteiger partial charge < -0.3 is 20.8 Å². The Hall–Kier alpha value is -1.75. The molecule has 0 saturated carbocycles. The van der Waals surface area contributed by atoms with Crippen LogP contribution >= 0.6 is 0 Å². The zero-order valence-corrected chi connectivity index (χ0v) is 13.0. The smallest absolute Gasteiger partial charge is 0.314 e. The van der Waals surface area contributed by atoms with Gasteiger partial charge in [0.1, 0.15) is 5.75 Å². The number of carbonyl (C=O) groups is 1. The summed E-state index contributed by atoms with van der Waals surface area (Å²) < 4.78 is 0. The van der Waals surface area contributed by atoms with E-state index in [0.717, 1.165) is 18.4 Å². The maximum atomic E-state index is 11.6. The van der Waals surface area contributed by atoms with Crippen molar-refractivity contribution < 1.29 is 15.0 Å². The van der Waals surface area contributed by atoms with Crippen LogP contribution in [0.3, 0.4) is 0 Å². The first-order valence-corrected chi connectivity index (χ1v) is 7.26. The molecular formula is C16H26N2O3. The van der Waals surface area contributed by atoms with Crippen molar-refractivity contribution in [2.24, 2.45) is 5.41 Å². The lowest BCUT2D eigenvalue weighted by Crippen LogP contribution is -2.43. The molecule has 118 valence electrons. The van der Waals surface area contributed by atoms with Gasteiger partial charge in [0, 0.05) is 13.1 Å². The van der Waals surface area contributed by atoms with Crippen LogP contribution in [0.4, 0.5) is 4.79 Å². The van der Waals surface area contributed by atoms with Crippen molar-refractivity contribution in [2.75, 3.05) is 13.1 Å². The van der Waals surface area contributed by atoms with Gasteiger partial charge in [0.25, 0.3) is 0 Å². The molecule has 4 N–H and O–H groups in total. The molecule has 0 spiro atoms. The van der Waals surface area contributed by atoms with E-state index in [-0.39, 0.29) is 23.7 Å². The van der Waals surface area contributed by atoms with Gasteiger partial charge in [-0.2, -0.15) is 0 Å². The van der Waals surface area contributed by atoms with Crippen LogP contribution in [0, 0.1) is 5.41 Å². The van der Waals surface area contributed by atoms with E-state index in [2.05, 4.69) is 10.6 Å². The molecule has 0 fully saturated rings. The molecule has 5 heteroatoms. The van der Waals surface area contributed by atoms with Crippen molar-refractivity contribution in [3.05, 3.63) is 29.8 Å². The largest absolute Gasteiger partial charge is 0.508 e. The summed E-state index contributed by atoms with van der Waals surface area (Å²) in [5, 5.41) is 24.4. The van der Waals surface area contributed by atoms with Gasteiger partial charge >= 0.3 is 6.03 Å². The molecule has 0 heterocycles. The predicted molar refractivity (Wildman–Crippen MR) is 83.3 cm³/mol. The SMILES string of the molecule is CC(C)(C)C(O)CNC(=O)NCCCc1ccc(O)cc1. The van der Waals surface area contributed by atoms with E-state index < -0.39 is 6.10 Å². The molecule has 21 heavy (non-hydrogen) atoms. The summed E-state index contributed by atoms with van der Waals surface area (Å²) in [6.45, 7) is 6.59. The van der Waals surface area contributed by atoms with E-state index in [4.69, 9.17) is 0 Å². The molecule has 1 unspecified atom stereocenters. The summed E-state index contributed by atoms with van der Waals surface area (Å²) in [5.41, 5.74) is 0.879. The molecule has 0 bridgehead atoms. The Balaban J connectivity index is 2.15. The van der Waals surface area contributed by atoms with Crippen LogP contribution < -0.4 is 10.6 Å². The minimum absolute atomic E-state index is 0.243. The number of phenols is 1. The number of hydrogen-bond acceptors (Lipinski definition) is 3. The Morgan fingerprint density at radius 1 is 1.19 bits per heavy atom. The lowest BCUT2D eigenvalue weighted by Gasteiger charge is -2.25. The number of rotatable bonds is 6. The van der Waals surface area contributed by atoms with Crippen LogP contribution in [0.1, 0.15) is 32.8 Å². The number of nitrogens with one attached hydrogen (secondary N) is 2. The summed E-state index contributed by atoms with van der Waals surface area (Å²) in [6, 6.07) is 6.79. The third-order valence-electron chi connectivity index (χ3n) is 3.32. The first-order valence-electron chi connectivity index (χ1n) is 7.26. The van der Waals surface area contributed by atoms with Crippen LogP contribution in [-0.4, -0.2) is 35.4 Å². The molecule has 0 radical (unpaired) electrons. The molecule has 0 aliphatic heterocycles. The van der Waals surface area contributed by atoms with Crippen molar-refractivity contribution in [2.45, 2.75) is 39.7 Å². The van der Waals surface area contributed by atoms with Gasteiger partial charge in [0.15, 0.2) is 0 Å². The van der Waals surface area contributed by atoms with Crippen LogP contribution in [0.5, 0.6) is 5.75 Å². The highest BCUT2D eigenvalue weighted by molar-refractivity contribution is 5.73. The van der Waals surface area contributed by atoms with Gasteiger partial charge in [-0.15, -0.1) is 0 Å². The van der Waals surface area contributed by atoms with E-state index in [1.165, 1.54) is 0 Å². The van der Waals surface area contributed by atoms with Gasteiger partial charge in [-0.25, -0.2) is 4.79 Å². The number of aromatic hydroxyl groups is 1. The Labute approximate surface area is 126 Å². The number of benzene rings is 1. The average molecular weight is 294 g/mol. The number of carbonyl (C=O) groups excluding carboxylic acids is 1. The minimum Gasteiger partial charge on any atom is -0.508 e. The van der Waals surface area contributed by atoms with Crippen molar-refractivity contribution in [3.8, 4) is 5.75 Å². The van der Waals surface area contributed by atoms with Gasteiger partial charge in [0.05, 0.1) is 6.10 Å². The molecule has 1 atom stereocenters. The molecule has 2 amide bonds. The van der Waals surface area contributed by atoms with E-state index in [1.54, 1.807) is 12.1 Å². The lowest BCUT2D eigenvalue weighted by molar-refractivity contribution is 0.0650. The molecule has 0 saturated heterocycles. The Morgan fingerprint density at radius 3 is 2.38 bits per heavy atom. The number of phenolic OH excluding ortho intramolecular Hbond substituents is 1. The second-order valence-electron chi connectivity index (χ2n) is 6.29. The fourth-order valence-corrected chi connectivity index (χ4v) is 1.72. The van der Waals surface area contributed by atoms with Crippen molar-refractivity contribution in [1.82, 2.24) is 10.6 Å². The predicted octanol–water partition coefficient (Wildman–Crippen LogP) is 2.03. The van der Waals surface area contributed by atoms with Gasteiger partial charge in [-0.3, -0.25) is 0 Å². The first-order chi connectivity index (χ1) is 9.79. The minimum atomic E-state index is -0.569. The maximum absolute atomic E-state index is 11.6. The Kier molecular flexibility index (Phi) is 6.49. The molecule has 0 aliphatic rings. The average Bonchev–Trinajstić information content (AvgIpc) is 2.41. The van der Waals surface area contributed by atoms with Gasteiger partial charge in [-0.05, 0) is 36.0 Å². The topological polar surface area (TPSA) is 81.6 Å². The third-order valence-corrected chi connectivity index (χ3v) is 3.32. The van der Waals surface area contributed by atoms with E-state index >= 15 is 0 Å². The number of aryl methyl sites for hydroxylation is 1. The third kappa shape index (κ3) is 6.99. The van der Waals surface area contributed by atoms with E-state index in [9.17, 15) is 15.0 Å². The fourth-order valence-electron chi connectivity index (χ4n) is 1.72. The van der Waals surface area contributed by atoms with Gasteiger partial charge in [-0.1, -0.05) is 32.9 Å². The summed E-state index contributed by atoms with van der Waals surface area (Å²) in [5.74, 6) is 0.258. The summed E-state index contributed by atoms with van der Waals surface area (Å²) >= 11 is 0. The first kappa shape index (κ1) is 17.3. The molecule has 1 rings (SSSR count).